The van der Waals surface area contributed by atoms with Crippen LogP contribution in [0.15, 0.2) is 17.3 Å². The van der Waals surface area contributed by atoms with Crippen molar-refractivity contribution in [3.05, 3.63) is 22.8 Å². The van der Waals surface area contributed by atoms with E-state index >= 15 is 0 Å². The van der Waals surface area contributed by atoms with Gasteiger partial charge in [0.15, 0.2) is 0 Å². The molecule has 5 heteroatoms. The Morgan fingerprint density at radius 3 is 3.08 bits per heavy atom. The van der Waals surface area contributed by atoms with E-state index in [2.05, 4.69) is 4.98 Å². The first-order chi connectivity index (χ1) is 6.29. The second-order valence-electron chi connectivity index (χ2n) is 2.16. The smallest absolute Gasteiger partial charge is 0.116 e. The standard InChI is InChI=1S/C8H7ClN2OS/c9-7-6(5-10)1-2-11-8(7)13-4-3-12/h1-2,12H,3-4H2. The zero-order valence-corrected chi connectivity index (χ0v) is 8.27. The molecule has 1 aromatic rings. The average Bonchev–Trinajstić information content (AvgIpc) is 2.16. The number of hydrogen-bond acceptors (Lipinski definition) is 4. The van der Waals surface area contributed by atoms with Gasteiger partial charge in [0.25, 0.3) is 0 Å². The van der Waals surface area contributed by atoms with Crippen LogP contribution < -0.4 is 0 Å². The first-order valence-corrected chi connectivity index (χ1v) is 4.94. The molecule has 0 saturated heterocycles. The number of hydrogen-bond donors (Lipinski definition) is 1. The summed E-state index contributed by atoms with van der Waals surface area (Å²) < 4.78 is 0. The molecule has 0 amide bonds. The van der Waals surface area contributed by atoms with Gasteiger partial charge in [0.2, 0.25) is 0 Å². The van der Waals surface area contributed by atoms with Gasteiger partial charge in [0.05, 0.1) is 17.2 Å². The summed E-state index contributed by atoms with van der Waals surface area (Å²) in [5, 5.41) is 18.2. The Morgan fingerprint density at radius 1 is 1.69 bits per heavy atom. The molecule has 0 bridgehead atoms. The van der Waals surface area contributed by atoms with Crippen LogP contribution in [0.5, 0.6) is 0 Å². The van der Waals surface area contributed by atoms with Gasteiger partial charge < -0.3 is 5.11 Å². The van der Waals surface area contributed by atoms with Crippen molar-refractivity contribution in [2.45, 2.75) is 5.03 Å². The average molecular weight is 215 g/mol. The Labute approximate surface area is 85.4 Å². The van der Waals surface area contributed by atoms with Crippen molar-refractivity contribution in [2.24, 2.45) is 0 Å². The van der Waals surface area contributed by atoms with Crippen LogP contribution in [0.1, 0.15) is 5.56 Å². The minimum atomic E-state index is 0.0689. The summed E-state index contributed by atoms with van der Waals surface area (Å²) >= 11 is 7.19. The van der Waals surface area contributed by atoms with Gasteiger partial charge in [0.1, 0.15) is 11.1 Å². The van der Waals surface area contributed by atoms with E-state index in [1.165, 1.54) is 18.0 Å². The molecule has 0 unspecified atom stereocenters. The van der Waals surface area contributed by atoms with E-state index in [9.17, 15) is 0 Å². The van der Waals surface area contributed by atoms with E-state index in [0.717, 1.165) is 0 Å². The minimum Gasteiger partial charge on any atom is -0.396 e. The van der Waals surface area contributed by atoms with Crippen LogP contribution in [0.2, 0.25) is 5.02 Å². The molecule has 0 spiro atoms. The highest BCUT2D eigenvalue weighted by atomic mass is 35.5. The molecule has 0 fully saturated rings. The molecule has 1 heterocycles. The van der Waals surface area contributed by atoms with E-state index in [0.29, 0.717) is 21.4 Å². The number of nitrogens with zero attached hydrogens (tertiary/aromatic N) is 2. The second-order valence-corrected chi connectivity index (χ2v) is 3.62. The summed E-state index contributed by atoms with van der Waals surface area (Å²) in [5.74, 6) is 0.529. The molecule has 13 heavy (non-hydrogen) atoms. The number of thioether (sulfide) groups is 1. The lowest BCUT2D eigenvalue weighted by molar-refractivity contribution is 0.322. The molecule has 68 valence electrons. The first-order valence-electron chi connectivity index (χ1n) is 3.58. The zero-order chi connectivity index (χ0) is 9.68. The Hall–Kier alpha value is -0.760. The summed E-state index contributed by atoms with van der Waals surface area (Å²) in [5.41, 5.74) is 0.414. The molecule has 0 aliphatic carbocycles. The fourth-order valence-corrected chi connectivity index (χ4v) is 1.73. The van der Waals surface area contributed by atoms with Gasteiger partial charge in [-0.2, -0.15) is 5.26 Å². The molecule has 3 nitrogen and oxygen atoms in total. The molecule has 0 atom stereocenters. The van der Waals surface area contributed by atoms with Crippen LogP contribution in [0.25, 0.3) is 0 Å². The summed E-state index contributed by atoms with van der Waals surface area (Å²) in [7, 11) is 0. The van der Waals surface area contributed by atoms with Gasteiger partial charge >= 0.3 is 0 Å². The summed E-state index contributed by atoms with van der Waals surface area (Å²) in [4.78, 5) is 3.99. The van der Waals surface area contributed by atoms with Crippen molar-refractivity contribution in [3.8, 4) is 6.07 Å². The quantitative estimate of drug-likeness (QED) is 0.778. The summed E-state index contributed by atoms with van der Waals surface area (Å²) in [6.45, 7) is 0.0689. The van der Waals surface area contributed by atoms with Crippen LogP contribution in [0.4, 0.5) is 0 Å². The van der Waals surface area contributed by atoms with Gasteiger partial charge in [-0.1, -0.05) is 11.6 Å². The Bertz CT molecular complexity index is 337. The van der Waals surface area contributed by atoms with Crippen molar-refractivity contribution in [3.63, 3.8) is 0 Å². The third kappa shape index (κ3) is 2.59. The lowest BCUT2D eigenvalue weighted by Gasteiger charge is -2.01. The van der Waals surface area contributed by atoms with Crippen LogP contribution in [0.3, 0.4) is 0 Å². The first kappa shape index (κ1) is 10.3. The third-order valence-corrected chi connectivity index (χ3v) is 2.77. The van der Waals surface area contributed by atoms with E-state index in [-0.39, 0.29) is 6.61 Å². The number of aliphatic hydroxyl groups excluding tert-OH is 1. The molecular formula is C8H7ClN2OS. The maximum atomic E-state index is 8.65. The largest absolute Gasteiger partial charge is 0.396 e. The van der Waals surface area contributed by atoms with Gasteiger partial charge in [-0.3, -0.25) is 0 Å². The Morgan fingerprint density at radius 2 is 2.46 bits per heavy atom. The van der Waals surface area contributed by atoms with Crippen molar-refractivity contribution in [1.29, 1.82) is 5.26 Å². The molecule has 0 aliphatic rings. The van der Waals surface area contributed by atoms with E-state index in [1.807, 2.05) is 6.07 Å². The summed E-state index contributed by atoms with van der Waals surface area (Å²) in [6, 6.07) is 3.53. The fraction of sp³-hybridized carbons (Fsp3) is 0.250. The topological polar surface area (TPSA) is 56.9 Å². The fourth-order valence-electron chi connectivity index (χ4n) is 0.754. The lowest BCUT2D eigenvalue weighted by atomic mass is 10.3. The van der Waals surface area contributed by atoms with Gasteiger partial charge in [-0.15, -0.1) is 11.8 Å². The number of aliphatic hydroxyl groups is 1. The maximum Gasteiger partial charge on any atom is 0.116 e. The Balaban J connectivity index is 2.90. The van der Waals surface area contributed by atoms with Gasteiger partial charge in [0, 0.05) is 11.9 Å². The second kappa shape index (κ2) is 5.07. The molecule has 1 rings (SSSR count). The molecule has 0 aliphatic heterocycles. The van der Waals surface area contributed by atoms with Crippen LogP contribution >= 0.6 is 23.4 Å². The van der Waals surface area contributed by atoms with Crippen LogP contribution in [-0.2, 0) is 0 Å². The van der Waals surface area contributed by atoms with E-state index < -0.39 is 0 Å². The molecule has 1 aromatic heterocycles. The predicted molar refractivity (Wildman–Crippen MR) is 51.8 cm³/mol. The zero-order valence-electron chi connectivity index (χ0n) is 6.70. The monoisotopic (exact) mass is 214 g/mol. The predicted octanol–water partition coefficient (Wildman–Crippen LogP) is 1.69. The van der Waals surface area contributed by atoms with Gasteiger partial charge in [-0.05, 0) is 6.07 Å². The summed E-state index contributed by atoms with van der Waals surface area (Å²) in [6.07, 6.45) is 1.53. The third-order valence-electron chi connectivity index (χ3n) is 1.31. The number of rotatable bonds is 3. The van der Waals surface area contributed by atoms with Gasteiger partial charge in [-0.25, -0.2) is 4.98 Å². The Kier molecular flexibility index (Phi) is 4.03. The number of nitriles is 1. The maximum absolute atomic E-state index is 8.65. The molecule has 0 saturated carbocycles. The van der Waals surface area contributed by atoms with Crippen molar-refractivity contribution < 1.29 is 5.11 Å². The highest BCUT2D eigenvalue weighted by Gasteiger charge is 2.06. The number of aromatic nitrogens is 1. The van der Waals surface area contributed by atoms with Crippen LogP contribution in [-0.4, -0.2) is 22.5 Å². The highest BCUT2D eigenvalue weighted by molar-refractivity contribution is 7.99. The normalized spacial score (nSPS) is 9.62. The lowest BCUT2D eigenvalue weighted by Crippen LogP contribution is -1.90. The molecule has 0 radical (unpaired) electrons. The number of pyridine rings is 1. The van der Waals surface area contributed by atoms with Crippen molar-refractivity contribution in [2.75, 3.05) is 12.4 Å². The SMILES string of the molecule is N#Cc1ccnc(SCCO)c1Cl. The molecule has 0 aromatic carbocycles. The molecule has 1 N–H and O–H groups in total. The number of halogens is 1. The highest BCUT2D eigenvalue weighted by Crippen LogP contribution is 2.26. The van der Waals surface area contributed by atoms with E-state index in [1.54, 1.807) is 6.07 Å². The van der Waals surface area contributed by atoms with Crippen molar-refractivity contribution >= 4 is 23.4 Å². The molecular weight excluding hydrogens is 208 g/mol. The van der Waals surface area contributed by atoms with Crippen LogP contribution in [0, 0.1) is 11.3 Å². The van der Waals surface area contributed by atoms with Crippen molar-refractivity contribution in [1.82, 2.24) is 4.98 Å². The minimum absolute atomic E-state index is 0.0689. The van der Waals surface area contributed by atoms with E-state index in [4.69, 9.17) is 22.0 Å².